The fourth-order valence-corrected chi connectivity index (χ4v) is 3.24. The van der Waals surface area contributed by atoms with Gasteiger partial charge in [0.1, 0.15) is 16.8 Å². The number of fused-ring (bicyclic) bond motifs is 1. The minimum atomic E-state index is -4.73. The van der Waals surface area contributed by atoms with Gasteiger partial charge in [-0.1, -0.05) is 10.7 Å². The third kappa shape index (κ3) is 4.41. The molecule has 0 saturated carbocycles. The van der Waals surface area contributed by atoms with Gasteiger partial charge in [-0.2, -0.15) is 26.3 Å². The minimum absolute atomic E-state index is 0.0470. The van der Waals surface area contributed by atoms with Crippen LogP contribution in [0, 0.1) is 10.1 Å². The van der Waals surface area contributed by atoms with E-state index in [2.05, 4.69) is 0 Å². The Balaban J connectivity index is 2.49. The highest BCUT2D eigenvalue weighted by Gasteiger charge is 2.37. The van der Waals surface area contributed by atoms with Crippen LogP contribution in [0.3, 0.4) is 0 Å². The first kappa shape index (κ1) is 20.4. The van der Waals surface area contributed by atoms with Crippen molar-refractivity contribution in [3.8, 4) is 0 Å². The van der Waals surface area contributed by atoms with Gasteiger partial charge in [-0.05, 0) is 25.1 Å². The zero-order valence-electron chi connectivity index (χ0n) is 13.1. The molecule has 12 heteroatoms. The topological polar surface area (TPSA) is 68.3 Å². The molecule has 1 aromatic heterocycles. The second-order valence-corrected chi connectivity index (χ2v) is 6.72. The van der Waals surface area contributed by atoms with E-state index >= 15 is 0 Å². The smallest absolute Gasteiger partial charge is 0.383 e. The number of halogens is 6. The summed E-state index contributed by atoms with van der Waals surface area (Å²) >= 11 is 0.309. The van der Waals surface area contributed by atoms with Crippen molar-refractivity contribution in [3.63, 3.8) is 0 Å². The molecule has 2 aromatic rings. The lowest BCUT2D eigenvalue weighted by Crippen LogP contribution is -2.30. The molecule has 1 atom stereocenters. The van der Waals surface area contributed by atoms with Crippen LogP contribution in [0.25, 0.3) is 10.9 Å². The third-order valence-electron chi connectivity index (χ3n) is 3.47. The molecule has 0 aliphatic heterocycles. The van der Waals surface area contributed by atoms with Crippen molar-refractivity contribution in [2.24, 2.45) is 0 Å². The molecular weight excluding hydrogens is 390 g/mol. The van der Waals surface area contributed by atoms with Crippen LogP contribution < -0.4 is 0 Å². The Hall–Kier alpha value is -1.95. The van der Waals surface area contributed by atoms with Crippen LogP contribution in [0.4, 0.5) is 26.3 Å². The summed E-state index contributed by atoms with van der Waals surface area (Å²) in [7, 11) is 0. The normalized spacial score (nSPS) is 15.2. The Labute approximate surface area is 146 Å². The van der Waals surface area contributed by atoms with Gasteiger partial charge in [0.25, 0.3) is 0 Å². The second-order valence-electron chi connectivity index (χ2n) is 5.73. The third-order valence-corrected chi connectivity index (χ3v) is 4.77. The lowest BCUT2D eigenvalue weighted by Gasteiger charge is -2.22. The molecule has 0 amide bonds. The zero-order chi connectivity index (χ0) is 19.9. The van der Waals surface area contributed by atoms with E-state index in [-0.39, 0.29) is 10.1 Å². The maximum Gasteiger partial charge on any atom is 0.416 e. The first-order valence-corrected chi connectivity index (χ1v) is 8.12. The molecule has 0 fully saturated rings. The van der Waals surface area contributed by atoms with Crippen LogP contribution in [-0.2, 0) is 11.8 Å². The van der Waals surface area contributed by atoms with Gasteiger partial charge < -0.3 is 5.11 Å². The molecule has 5 nitrogen and oxygen atoms in total. The van der Waals surface area contributed by atoms with Gasteiger partial charge in [-0.25, -0.2) is 10.1 Å². The fraction of sp³-hybridized carbons (Fsp3) is 0.429. The summed E-state index contributed by atoms with van der Waals surface area (Å²) in [6.07, 6.45) is -9.22. The lowest BCUT2D eigenvalue weighted by atomic mass is 10.1. The number of benzene rings is 1. The summed E-state index contributed by atoms with van der Waals surface area (Å²) in [4.78, 5) is 11.3. The second kappa shape index (κ2) is 6.65. The standard InChI is InChI=1S/C14H12F6N2O3S/c1-12(23,6-26-7-13(15,16)17)11-4-8-2-3-9(14(18,19)20)5-10(8)21(11)22(24)25/h2-5,23H,6-7H2,1H3. The summed E-state index contributed by atoms with van der Waals surface area (Å²) in [5, 5.41) is 20.8. The Morgan fingerprint density at radius 1 is 1.15 bits per heavy atom. The number of hydrogen-bond acceptors (Lipinski definition) is 4. The average molecular weight is 402 g/mol. The van der Waals surface area contributed by atoms with E-state index in [1.165, 1.54) is 0 Å². The van der Waals surface area contributed by atoms with E-state index < -0.39 is 51.3 Å². The Bertz CT molecular complexity index is 828. The molecule has 0 bridgehead atoms. The van der Waals surface area contributed by atoms with Gasteiger partial charge in [0.05, 0.1) is 11.3 Å². The molecular formula is C14H12F6N2O3S. The van der Waals surface area contributed by atoms with Gasteiger partial charge in [0.2, 0.25) is 0 Å². The molecule has 1 unspecified atom stereocenters. The molecule has 0 spiro atoms. The number of nitro groups is 1. The Kier molecular flexibility index (Phi) is 5.21. The van der Waals surface area contributed by atoms with Crippen molar-refractivity contribution >= 4 is 22.7 Å². The van der Waals surface area contributed by atoms with Crippen LogP contribution in [0.2, 0.25) is 0 Å². The molecule has 2 rings (SSSR count). The van der Waals surface area contributed by atoms with Crippen molar-refractivity contribution in [1.29, 1.82) is 0 Å². The van der Waals surface area contributed by atoms with Gasteiger partial charge in [0, 0.05) is 11.1 Å². The summed E-state index contributed by atoms with van der Waals surface area (Å²) in [5.74, 6) is -1.82. The molecule has 26 heavy (non-hydrogen) atoms. The Morgan fingerprint density at radius 3 is 2.27 bits per heavy atom. The number of aliphatic hydroxyl groups is 1. The van der Waals surface area contributed by atoms with Crippen molar-refractivity contribution in [1.82, 2.24) is 4.68 Å². The van der Waals surface area contributed by atoms with E-state index in [0.29, 0.717) is 17.8 Å². The molecule has 1 aromatic carbocycles. The van der Waals surface area contributed by atoms with Gasteiger partial charge in [0.15, 0.2) is 5.03 Å². The van der Waals surface area contributed by atoms with Gasteiger partial charge in [-0.3, -0.25) is 0 Å². The van der Waals surface area contributed by atoms with Crippen molar-refractivity contribution in [2.45, 2.75) is 24.9 Å². The molecule has 1 heterocycles. The number of nitrogens with zero attached hydrogens (tertiary/aromatic N) is 2. The summed E-state index contributed by atoms with van der Waals surface area (Å²) in [5.41, 5.74) is -4.02. The monoisotopic (exact) mass is 402 g/mol. The van der Waals surface area contributed by atoms with Crippen LogP contribution >= 0.6 is 11.8 Å². The summed E-state index contributed by atoms with van der Waals surface area (Å²) in [6, 6.07) is 3.37. The molecule has 1 N–H and O–H groups in total. The highest BCUT2D eigenvalue weighted by atomic mass is 32.2. The molecule has 0 radical (unpaired) electrons. The predicted molar refractivity (Wildman–Crippen MR) is 82.3 cm³/mol. The van der Waals surface area contributed by atoms with E-state index in [0.717, 1.165) is 25.1 Å². The SMILES string of the molecule is CC(O)(CSCC(F)(F)F)c1cc2ccc(C(F)(F)F)cc2n1[N+](=O)[O-]. The maximum absolute atomic E-state index is 12.8. The van der Waals surface area contributed by atoms with Crippen LogP contribution in [-0.4, -0.2) is 32.5 Å². The molecule has 0 aliphatic carbocycles. The molecule has 0 saturated heterocycles. The maximum atomic E-state index is 12.8. The first-order chi connectivity index (χ1) is 11.7. The van der Waals surface area contributed by atoms with Crippen LogP contribution in [0.1, 0.15) is 18.2 Å². The quantitative estimate of drug-likeness (QED) is 0.462. The van der Waals surface area contributed by atoms with Crippen molar-refractivity contribution < 1.29 is 36.5 Å². The van der Waals surface area contributed by atoms with Gasteiger partial charge in [-0.15, -0.1) is 11.8 Å². The van der Waals surface area contributed by atoms with Gasteiger partial charge >= 0.3 is 12.4 Å². The van der Waals surface area contributed by atoms with E-state index in [4.69, 9.17) is 0 Å². The number of alkyl halides is 6. The minimum Gasteiger partial charge on any atom is -0.383 e. The summed E-state index contributed by atoms with van der Waals surface area (Å²) < 4.78 is 75.5. The fourth-order valence-electron chi connectivity index (χ4n) is 2.36. The number of hydrogen-bond donors (Lipinski definition) is 1. The van der Waals surface area contributed by atoms with Crippen LogP contribution in [0.15, 0.2) is 24.3 Å². The largest absolute Gasteiger partial charge is 0.416 e. The summed E-state index contributed by atoms with van der Waals surface area (Å²) in [6.45, 7) is 1.06. The van der Waals surface area contributed by atoms with E-state index in [1.54, 1.807) is 0 Å². The number of rotatable bonds is 5. The lowest BCUT2D eigenvalue weighted by molar-refractivity contribution is -0.540. The molecule has 0 aliphatic rings. The number of aromatic nitrogens is 1. The highest BCUT2D eigenvalue weighted by Crippen LogP contribution is 2.36. The zero-order valence-corrected chi connectivity index (χ0v) is 13.9. The van der Waals surface area contributed by atoms with Crippen LogP contribution in [0.5, 0.6) is 0 Å². The average Bonchev–Trinajstić information content (AvgIpc) is 2.83. The van der Waals surface area contributed by atoms with Crippen molar-refractivity contribution in [2.75, 3.05) is 11.5 Å². The number of thioether (sulfide) groups is 1. The Morgan fingerprint density at radius 2 is 1.77 bits per heavy atom. The predicted octanol–water partition coefficient (Wildman–Crippen LogP) is 4.20. The van der Waals surface area contributed by atoms with E-state index in [9.17, 15) is 41.6 Å². The van der Waals surface area contributed by atoms with Crippen molar-refractivity contribution in [3.05, 3.63) is 45.6 Å². The molecule has 144 valence electrons. The highest BCUT2D eigenvalue weighted by molar-refractivity contribution is 7.99. The van der Waals surface area contributed by atoms with E-state index in [1.807, 2.05) is 0 Å². The first-order valence-electron chi connectivity index (χ1n) is 6.97.